The number of carbonyl (C=O) groups excluding carboxylic acids is 1. The SMILES string of the molecule is CC1(C)CC(=O)C2=C(C1)OC(N)=C(C#N)[C@H]2c1ccc(Cl)s1. The number of hydrogen-bond donors (Lipinski definition) is 1. The molecule has 0 unspecified atom stereocenters. The number of Topliss-reactive ketones (excluding diaryl/α,β-unsaturated/α-hetero) is 1. The van der Waals surface area contributed by atoms with Crippen molar-refractivity contribution in [2.75, 3.05) is 0 Å². The summed E-state index contributed by atoms with van der Waals surface area (Å²) in [6, 6.07) is 5.69. The zero-order chi connectivity index (χ0) is 16.1. The number of thiophene rings is 1. The van der Waals surface area contributed by atoms with Gasteiger partial charge in [0.1, 0.15) is 17.4 Å². The van der Waals surface area contributed by atoms with Crippen molar-refractivity contribution in [3.05, 3.63) is 44.1 Å². The summed E-state index contributed by atoms with van der Waals surface area (Å²) in [7, 11) is 0. The number of halogens is 1. The number of hydrogen-bond acceptors (Lipinski definition) is 5. The average molecular weight is 335 g/mol. The maximum atomic E-state index is 12.7. The lowest BCUT2D eigenvalue weighted by atomic mass is 9.71. The molecule has 1 aromatic heterocycles. The Morgan fingerprint density at radius 3 is 2.77 bits per heavy atom. The largest absolute Gasteiger partial charge is 0.444 e. The molecule has 0 bridgehead atoms. The second-order valence-corrected chi connectivity index (χ2v) is 8.09. The van der Waals surface area contributed by atoms with Crippen LogP contribution < -0.4 is 5.73 Å². The standard InChI is InChI=1S/C16H15ClN2O2S/c1-16(2)5-9(20)14-10(6-16)21-15(19)8(7-18)13(14)11-3-4-12(17)22-11/h3-4,13H,5-6,19H2,1-2H3/t13-/m0/s1. The van der Waals surface area contributed by atoms with Crippen LogP contribution in [0.5, 0.6) is 0 Å². The quantitative estimate of drug-likeness (QED) is 0.846. The molecule has 0 spiro atoms. The van der Waals surface area contributed by atoms with Crippen LogP contribution in [0, 0.1) is 16.7 Å². The van der Waals surface area contributed by atoms with Crippen molar-refractivity contribution < 1.29 is 9.53 Å². The fourth-order valence-corrected chi connectivity index (χ4v) is 4.23. The molecule has 0 saturated carbocycles. The van der Waals surface area contributed by atoms with Crippen LogP contribution in [0.3, 0.4) is 0 Å². The first kappa shape index (κ1) is 15.1. The minimum Gasteiger partial charge on any atom is -0.444 e. The molecule has 2 N–H and O–H groups in total. The van der Waals surface area contributed by atoms with E-state index in [2.05, 4.69) is 6.07 Å². The van der Waals surface area contributed by atoms with E-state index in [1.54, 1.807) is 6.07 Å². The molecule has 0 aromatic carbocycles. The zero-order valence-corrected chi connectivity index (χ0v) is 13.8. The number of nitriles is 1. The van der Waals surface area contributed by atoms with E-state index in [0.29, 0.717) is 28.5 Å². The minimum atomic E-state index is -0.463. The molecule has 1 aliphatic heterocycles. The number of rotatable bonds is 1. The number of ketones is 1. The van der Waals surface area contributed by atoms with Gasteiger partial charge in [-0.2, -0.15) is 5.26 Å². The highest BCUT2D eigenvalue weighted by atomic mass is 35.5. The number of allylic oxidation sites excluding steroid dienone is 3. The smallest absolute Gasteiger partial charge is 0.205 e. The van der Waals surface area contributed by atoms with Gasteiger partial charge in [0.05, 0.1) is 10.3 Å². The number of carbonyl (C=O) groups is 1. The van der Waals surface area contributed by atoms with Crippen molar-refractivity contribution in [3.8, 4) is 6.07 Å². The summed E-state index contributed by atoms with van der Waals surface area (Å²) in [5, 5.41) is 9.45. The van der Waals surface area contributed by atoms with Crippen molar-refractivity contribution in [2.45, 2.75) is 32.6 Å². The molecule has 114 valence electrons. The van der Waals surface area contributed by atoms with Gasteiger partial charge < -0.3 is 10.5 Å². The van der Waals surface area contributed by atoms with E-state index < -0.39 is 5.92 Å². The Morgan fingerprint density at radius 1 is 1.45 bits per heavy atom. The third kappa shape index (κ3) is 2.43. The van der Waals surface area contributed by atoms with Crippen LogP contribution in [-0.2, 0) is 9.53 Å². The van der Waals surface area contributed by atoms with Crippen LogP contribution >= 0.6 is 22.9 Å². The molecular weight excluding hydrogens is 320 g/mol. The molecule has 0 saturated heterocycles. The summed E-state index contributed by atoms with van der Waals surface area (Å²) in [6.45, 7) is 4.05. The Kier molecular flexibility index (Phi) is 3.54. The van der Waals surface area contributed by atoms with Crippen molar-refractivity contribution in [2.24, 2.45) is 11.1 Å². The van der Waals surface area contributed by atoms with Gasteiger partial charge in [-0.25, -0.2) is 0 Å². The first-order valence-electron chi connectivity index (χ1n) is 6.91. The molecule has 22 heavy (non-hydrogen) atoms. The summed E-state index contributed by atoms with van der Waals surface area (Å²) in [6.07, 6.45) is 1.06. The van der Waals surface area contributed by atoms with Crippen molar-refractivity contribution in [3.63, 3.8) is 0 Å². The van der Waals surface area contributed by atoms with Crippen LogP contribution in [0.25, 0.3) is 0 Å². The van der Waals surface area contributed by atoms with Crippen LogP contribution in [0.4, 0.5) is 0 Å². The molecule has 2 heterocycles. The topological polar surface area (TPSA) is 76.1 Å². The van der Waals surface area contributed by atoms with Crippen molar-refractivity contribution in [1.82, 2.24) is 0 Å². The first-order chi connectivity index (χ1) is 10.3. The highest BCUT2D eigenvalue weighted by molar-refractivity contribution is 7.16. The van der Waals surface area contributed by atoms with Crippen LogP contribution in [0.1, 0.15) is 37.5 Å². The first-order valence-corrected chi connectivity index (χ1v) is 8.11. The van der Waals surface area contributed by atoms with E-state index in [1.165, 1.54) is 11.3 Å². The van der Waals surface area contributed by atoms with E-state index in [-0.39, 0.29) is 22.7 Å². The fraction of sp³-hybridized carbons (Fsp3) is 0.375. The molecule has 4 nitrogen and oxygen atoms in total. The van der Waals surface area contributed by atoms with Crippen LogP contribution in [-0.4, -0.2) is 5.78 Å². The molecule has 3 rings (SSSR count). The summed E-state index contributed by atoms with van der Waals surface area (Å²) >= 11 is 7.38. The Morgan fingerprint density at radius 2 is 2.18 bits per heavy atom. The Hall–Kier alpha value is -1.77. The molecule has 2 aliphatic rings. The number of nitrogens with two attached hydrogens (primary N) is 1. The maximum absolute atomic E-state index is 12.7. The summed E-state index contributed by atoms with van der Waals surface area (Å²) in [5.74, 6) is 0.226. The van der Waals surface area contributed by atoms with Gasteiger partial charge in [-0.1, -0.05) is 25.4 Å². The Bertz CT molecular complexity index is 767. The van der Waals surface area contributed by atoms with E-state index in [4.69, 9.17) is 22.1 Å². The van der Waals surface area contributed by atoms with Crippen molar-refractivity contribution in [1.29, 1.82) is 5.26 Å². The number of ether oxygens (including phenoxy) is 1. The monoisotopic (exact) mass is 334 g/mol. The van der Waals surface area contributed by atoms with Crippen molar-refractivity contribution >= 4 is 28.7 Å². The average Bonchev–Trinajstić information content (AvgIpc) is 2.82. The van der Waals surface area contributed by atoms with Gasteiger partial charge in [0.2, 0.25) is 5.88 Å². The lowest BCUT2D eigenvalue weighted by Gasteiger charge is -2.36. The molecule has 1 aliphatic carbocycles. The molecule has 6 heteroatoms. The van der Waals surface area contributed by atoms with Gasteiger partial charge in [0.15, 0.2) is 5.78 Å². The molecule has 0 radical (unpaired) electrons. The molecule has 0 fully saturated rings. The van der Waals surface area contributed by atoms with Gasteiger partial charge >= 0.3 is 0 Å². The Balaban J connectivity index is 2.17. The molecule has 1 atom stereocenters. The zero-order valence-electron chi connectivity index (χ0n) is 12.3. The van der Waals surface area contributed by atoms with Gasteiger partial charge in [0.25, 0.3) is 0 Å². The van der Waals surface area contributed by atoms with Gasteiger partial charge in [-0.05, 0) is 17.5 Å². The highest BCUT2D eigenvalue weighted by Crippen LogP contribution is 2.49. The van der Waals surface area contributed by atoms with Gasteiger partial charge in [-0.15, -0.1) is 11.3 Å². The maximum Gasteiger partial charge on any atom is 0.205 e. The molecule has 0 amide bonds. The molecular formula is C16H15ClN2O2S. The number of nitrogens with zero attached hydrogens (tertiary/aromatic N) is 1. The van der Waals surface area contributed by atoms with E-state index >= 15 is 0 Å². The predicted octanol–water partition coefficient (Wildman–Crippen LogP) is 3.85. The third-order valence-electron chi connectivity index (χ3n) is 3.95. The van der Waals surface area contributed by atoms with Crippen LogP contribution in [0.15, 0.2) is 34.9 Å². The summed E-state index contributed by atoms with van der Waals surface area (Å²) in [5.41, 5.74) is 6.60. The van der Waals surface area contributed by atoms with Gasteiger partial charge in [0, 0.05) is 23.3 Å². The molecule has 1 aromatic rings. The summed E-state index contributed by atoms with van der Waals surface area (Å²) in [4.78, 5) is 13.5. The third-order valence-corrected chi connectivity index (χ3v) is 5.25. The predicted molar refractivity (Wildman–Crippen MR) is 85.0 cm³/mol. The van der Waals surface area contributed by atoms with Gasteiger partial charge in [-0.3, -0.25) is 4.79 Å². The Labute approximate surface area is 137 Å². The van der Waals surface area contributed by atoms with Crippen LogP contribution in [0.2, 0.25) is 4.34 Å². The lowest BCUT2D eigenvalue weighted by molar-refractivity contribution is -0.119. The second kappa shape index (κ2) is 5.15. The fourth-order valence-electron chi connectivity index (χ4n) is 3.05. The van der Waals surface area contributed by atoms with E-state index in [0.717, 1.165) is 4.88 Å². The van der Waals surface area contributed by atoms with E-state index in [1.807, 2.05) is 19.9 Å². The lowest BCUT2D eigenvalue weighted by Crippen LogP contribution is -2.33. The highest BCUT2D eigenvalue weighted by Gasteiger charge is 2.43. The normalized spacial score (nSPS) is 23.9. The second-order valence-electron chi connectivity index (χ2n) is 6.34. The minimum absolute atomic E-state index is 0.0148. The summed E-state index contributed by atoms with van der Waals surface area (Å²) < 4.78 is 6.24. The van der Waals surface area contributed by atoms with E-state index in [9.17, 15) is 10.1 Å².